The molecule has 20 heavy (non-hydrogen) atoms. The predicted molar refractivity (Wildman–Crippen MR) is 75.1 cm³/mol. The number of benzene rings is 1. The third kappa shape index (κ3) is 3.66. The van der Waals surface area contributed by atoms with Crippen LogP contribution in [0.15, 0.2) is 18.2 Å². The Kier molecular flexibility index (Phi) is 4.58. The fourth-order valence-electron chi connectivity index (χ4n) is 2.73. The van der Waals surface area contributed by atoms with Gasteiger partial charge >= 0.3 is 6.18 Å². The van der Waals surface area contributed by atoms with E-state index in [1.165, 1.54) is 6.07 Å². The summed E-state index contributed by atoms with van der Waals surface area (Å²) in [6.07, 6.45) is -0.298. The van der Waals surface area contributed by atoms with Gasteiger partial charge in [0, 0.05) is 25.8 Å². The van der Waals surface area contributed by atoms with E-state index in [2.05, 4.69) is 5.32 Å². The van der Waals surface area contributed by atoms with Crippen LogP contribution >= 0.6 is 0 Å². The average molecular weight is 286 g/mol. The SMILES string of the molecule is CN(C)c1ccc(C(F)(F)F)cc1CC1CCCCN1. The van der Waals surface area contributed by atoms with Crippen molar-refractivity contribution < 1.29 is 13.2 Å². The number of nitrogens with zero attached hydrogens (tertiary/aromatic N) is 1. The molecule has 1 aromatic rings. The van der Waals surface area contributed by atoms with Crippen LogP contribution in [0.1, 0.15) is 30.4 Å². The molecule has 1 saturated heterocycles. The van der Waals surface area contributed by atoms with Gasteiger partial charge in [0.15, 0.2) is 0 Å². The molecule has 1 atom stereocenters. The van der Waals surface area contributed by atoms with E-state index in [4.69, 9.17) is 0 Å². The van der Waals surface area contributed by atoms with Gasteiger partial charge in [-0.1, -0.05) is 6.42 Å². The molecule has 0 spiro atoms. The van der Waals surface area contributed by atoms with Crippen molar-refractivity contribution in [3.8, 4) is 0 Å². The van der Waals surface area contributed by atoms with E-state index < -0.39 is 11.7 Å². The first kappa shape index (κ1) is 15.2. The second-order valence-corrected chi connectivity index (χ2v) is 5.59. The molecule has 0 bridgehead atoms. The highest BCUT2D eigenvalue weighted by Crippen LogP contribution is 2.33. The summed E-state index contributed by atoms with van der Waals surface area (Å²) in [5.41, 5.74) is 1.07. The van der Waals surface area contributed by atoms with Crippen LogP contribution in [-0.2, 0) is 12.6 Å². The lowest BCUT2D eigenvalue weighted by Crippen LogP contribution is -2.36. The van der Waals surface area contributed by atoms with E-state index in [1.54, 1.807) is 6.07 Å². The highest BCUT2D eigenvalue weighted by molar-refractivity contribution is 5.54. The number of hydrogen-bond acceptors (Lipinski definition) is 2. The molecule has 1 aliphatic heterocycles. The molecule has 5 heteroatoms. The molecule has 0 aliphatic carbocycles. The summed E-state index contributed by atoms with van der Waals surface area (Å²) in [6.45, 7) is 0.959. The van der Waals surface area contributed by atoms with Crippen LogP contribution in [0.25, 0.3) is 0 Å². The lowest BCUT2D eigenvalue weighted by molar-refractivity contribution is -0.137. The first-order valence-electron chi connectivity index (χ1n) is 6.99. The minimum Gasteiger partial charge on any atom is -0.377 e. The smallest absolute Gasteiger partial charge is 0.377 e. The minimum atomic E-state index is -4.28. The van der Waals surface area contributed by atoms with Gasteiger partial charge in [0.1, 0.15) is 0 Å². The Morgan fingerprint density at radius 1 is 1.25 bits per heavy atom. The number of hydrogen-bond donors (Lipinski definition) is 1. The maximum atomic E-state index is 12.9. The second-order valence-electron chi connectivity index (χ2n) is 5.59. The molecular formula is C15H21F3N2. The van der Waals surface area contributed by atoms with Gasteiger partial charge in [-0.15, -0.1) is 0 Å². The van der Waals surface area contributed by atoms with Gasteiger partial charge in [-0.3, -0.25) is 0 Å². The largest absolute Gasteiger partial charge is 0.416 e. The number of rotatable bonds is 3. The Bertz CT molecular complexity index is 449. The van der Waals surface area contributed by atoms with E-state index in [-0.39, 0.29) is 6.04 Å². The summed E-state index contributed by atoms with van der Waals surface area (Å²) >= 11 is 0. The number of piperidine rings is 1. The summed E-state index contributed by atoms with van der Waals surface area (Å²) in [6, 6.07) is 4.31. The number of anilines is 1. The fraction of sp³-hybridized carbons (Fsp3) is 0.600. The molecule has 1 unspecified atom stereocenters. The van der Waals surface area contributed by atoms with Crippen molar-refractivity contribution in [2.75, 3.05) is 25.5 Å². The Morgan fingerprint density at radius 2 is 2.00 bits per heavy atom. The van der Waals surface area contributed by atoms with Crippen molar-refractivity contribution in [2.24, 2.45) is 0 Å². The molecule has 0 amide bonds. The van der Waals surface area contributed by atoms with Crippen LogP contribution < -0.4 is 10.2 Å². The topological polar surface area (TPSA) is 15.3 Å². The third-order valence-corrected chi connectivity index (χ3v) is 3.77. The Labute approximate surface area is 118 Å². The Balaban J connectivity index is 2.26. The van der Waals surface area contributed by atoms with Crippen LogP contribution in [-0.4, -0.2) is 26.7 Å². The van der Waals surface area contributed by atoms with Gasteiger partial charge in [-0.25, -0.2) is 0 Å². The zero-order valence-electron chi connectivity index (χ0n) is 11.9. The molecule has 1 N–H and O–H groups in total. The molecule has 1 aliphatic rings. The van der Waals surface area contributed by atoms with E-state index in [0.29, 0.717) is 6.42 Å². The van der Waals surface area contributed by atoms with Gasteiger partial charge in [-0.2, -0.15) is 13.2 Å². The number of alkyl halides is 3. The second kappa shape index (κ2) is 6.04. The lowest BCUT2D eigenvalue weighted by Gasteiger charge is -2.26. The Morgan fingerprint density at radius 3 is 2.55 bits per heavy atom. The molecule has 0 saturated carbocycles. The Hall–Kier alpha value is -1.23. The number of halogens is 3. The molecule has 2 rings (SSSR count). The van der Waals surface area contributed by atoms with Gasteiger partial charge in [0.2, 0.25) is 0 Å². The average Bonchev–Trinajstić information content (AvgIpc) is 2.38. The highest BCUT2D eigenvalue weighted by Gasteiger charge is 2.31. The van der Waals surface area contributed by atoms with Crippen molar-refractivity contribution in [3.63, 3.8) is 0 Å². The van der Waals surface area contributed by atoms with Crippen molar-refractivity contribution >= 4 is 5.69 Å². The molecule has 2 nitrogen and oxygen atoms in total. The molecule has 0 radical (unpaired) electrons. The van der Waals surface area contributed by atoms with Crippen LogP contribution in [0.4, 0.5) is 18.9 Å². The van der Waals surface area contributed by atoms with E-state index in [1.807, 2.05) is 19.0 Å². The maximum Gasteiger partial charge on any atom is 0.416 e. The van der Waals surface area contributed by atoms with Crippen molar-refractivity contribution in [2.45, 2.75) is 37.9 Å². The zero-order chi connectivity index (χ0) is 14.8. The van der Waals surface area contributed by atoms with E-state index in [0.717, 1.165) is 43.1 Å². The van der Waals surface area contributed by atoms with Crippen molar-refractivity contribution in [1.82, 2.24) is 5.32 Å². The van der Waals surface area contributed by atoms with Crippen LogP contribution in [0.5, 0.6) is 0 Å². The molecule has 0 aromatic heterocycles. The van der Waals surface area contributed by atoms with Crippen LogP contribution in [0.2, 0.25) is 0 Å². The van der Waals surface area contributed by atoms with E-state index in [9.17, 15) is 13.2 Å². The first-order valence-corrected chi connectivity index (χ1v) is 6.99. The predicted octanol–water partition coefficient (Wildman–Crippen LogP) is 3.46. The standard InChI is InChI=1S/C15H21F3N2/c1-20(2)14-7-6-12(15(16,17)18)9-11(14)10-13-5-3-4-8-19-13/h6-7,9,13,19H,3-5,8,10H2,1-2H3. The maximum absolute atomic E-state index is 12.9. The first-order chi connectivity index (χ1) is 9.38. The van der Waals surface area contributed by atoms with Crippen molar-refractivity contribution in [3.05, 3.63) is 29.3 Å². The molecule has 1 heterocycles. The van der Waals surface area contributed by atoms with Gasteiger partial charge in [0.05, 0.1) is 5.56 Å². The normalized spacial score (nSPS) is 19.9. The zero-order valence-corrected chi connectivity index (χ0v) is 11.9. The summed E-state index contributed by atoms with van der Waals surface area (Å²) in [4.78, 5) is 1.87. The summed E-state index contributed by atoms with van der Waals surface area (Å²) < 4.78 is 38.6. The summed E-state index contributed by atoms with van der Waals surface area (Å²) in [7, 11) is 3.72. The van der Waals surface area contributed by atoms with Crippen LogP contribution in [0.3, 0.4) is 0 Å². The van der Waals surface area contributed by atoms with Gasteiger partial charge in [-0.05, 0) is 49.6 Å². The van der Waals surface area contributed by atoms with Crippen molar-refractivity contribution in [1.29, 1.82) is 0 Å². The van der Waals surface area contributed by atoms with E-state index >= 15 is 0 Å². The lowest BCUT2D eigenvalue weighted by atomic mass is 9.95. The monoisotopic (exact) mass is 286 g/mol. The molecule has 112 valence electrons. The van der Waals surface area contributed by atoms with Gasteiger partial charge in [0.25, 0.3) is 0 Å². The molecule has 1 aromatic carbocycles. The summed E-state index contributed by atoms with van der Waals surface area (Å²) in [5, 5.41) is 3.39. The quantitative estimate of drug-likeness (QED) is 0.915. The summed E-state index contributed by atoms with van der Waals surface area (Å²) in [5.74, 6) is 0. The fourth-order valence-corrected chi connectivity index (χ4v) is 2.73. The van der Waals surface area contributed by atoms with Gasteiger partial charge < -0.3 is 10.2 Å². The molecular weight excluding hydrogens is 265 g/mol. The highest BCUT2D eigenvalue weighted by atomic mass is 19.4. The third-order valence-electron chi connectivity index (χ3n) is 3.77. The van der Waals surface area contributed by atoms with Crippen LogP contribution in [0, 0.1) is 0 Å². The minimum absolute atomic E-state index is 0.283. The number of nitrogens with one attached hydrogen (secondary N) is 1. The molecule has 1 fully saturated rings.